The molecule has 11 heteroatoms. The van der Waals surface area contributed by atoms with E-state index < -0.39 is 6.04 Å². The van der Waals surface area contributed by atoms with E-state index in [-0.39, 0.29) is 30.6 Å². The van der Waals surface area contributed by atoms with Crippen molar-refractivity contribution in [2.24, 2.45) is 5.92 Å². The van der Waals surface area contributed by atoms with Gasteiger partial charge >= 0.3 is 12.1 Å². The number of anilines is 1. The molecule has 6 rings (SSSR count). The first kappa shape index (κ1) is 29.9. The fourth-order valence-electron chi connectivity index (χ4n) is 6.61. The van der Waals surface area contributed by atoms with Crippen LogP contribution in [0.4, 0.5) is 15.3 Å². The lowest BCUT2D eigenvalue weighted by atomic mass is 10.0. The highest BCUT2D eigenvalue weighted by atomic mass is 16.2. The van der Waals surface area contributed by atoms with Gasteiger partial charge in [0.15, 0.2) is 0 Å². The van der Waals surface area contributed by atoms with Crippen LogP contribution < -0.4 is 10.6 Å². The van der Waals surface area contributed by atoms with Crippen molar-refractivity contribution in [3.8, 4) is 0 Å². The maximum Gasteiger partial charge on any atom is 0.322 e. The van der Waals surface area contributed by atoms with E-state index in [1.54, 1.807) is 11.1 Å². The van der Waals surface area contributed by atoms with Gasteiger partial charge in [0.2, 0.25) is 5.91 Å². The number of amides is 5. The Hall–Kier alpha value is -4.12. The van der Waals surface area contributed by atoms with Crippen LogP contribution in [0.2, 0.25) is 0 Å². The normalized spacial score (nSPS) is 19.4. The smallest absolute Gasteiger partial charge is 0.322 e. The zero-order chi connectivity index (χ0) is 30.6. The first-order valence-electron chi connectivity index (χ1n) is 16.0. The van der Waals surface area contributed by atoms with Gasteiger partial charge in [-0.1, -0.05) is 56.7 Å². The van der Waals surface area contributed by atoms with E-state index in [2.05, 4.69) is 34.5 Å². The van der Waals surface area contributed by atoms with Gasteiger partial charge in [0.1, 0.15) is 6.04 Å². The second-order valence-corrected chi connectivity index (χ2v) is 12.5. The molecule has 2 saturated heterocycles. The highest BCUT2D eigenvalue weighted by molar-refractivity contribution is 5.92. The van der Waals surface area contributed by atoms with E-state index in [9.17, 15) is 14.4 Å². The van der Waals surface area contributed by atoms with Crippen LogP contribution >= 0.6 is 0 Å². The number of benzene rings is 2. The molecule has 2 aromatic carbocycles. The molecule has 2 fully saturated rings. The Morgan fingerprint density at radius 1 is 0.955 bits per heavy atom. The maximum absolute atomic E-state index is 13.9. The van der Waals surface area contributed by atoms with Gasteiger partial charge in [-0.05, 0) is 36.5 Å². The molecule has 3 aliphatic heterocycles. The monoisotopic (exact) mass is 600 g/mol. The summed E-state index contributed by atoms with van der Waals surface area (Å²) < 4.78 is 1.82. The van der Waals surface area contributed by atoms with Crippen molar-refractivity contribution in [1.82, 2.24) is 34.7 Å². The number of hydrogen-bond acceptors (Lipinski definition) is 5. The summed E-state index contributed by atoms with van der Waals surface area (Å²) in [6, 6.07) is 14.7. The number of aromatic nitrogens is 2. The van der Waals surface area contributed by atoms with Crippen molar-refractivity contribution < 1.29 is 14.4 Å². The van der Waals surface area contributed by atoms with E-state index >= 15 is 0 Å². The quantitative estimate of drug-likeness (QED) is 0.409. The first-order valence-corrected chi connectivity index (χ1v) is 16.0. The summed E-state index contributed by atoms with van der Waals surface area (Å²) in [5, 5.41) is 11.6. The van der Waals surface area contributed by atoms with E-state index in [0.717, 1.165) is 48.2 Å². The van der Waals surface area contributed by atoms with E-state index in [1.165, 1.54) is 0 Å². The first-order chi connectivity index (χ1) is 21.4. The van der Waals surface area contributed by atoms with Gasteiger partial charge in [0.25, 0.3) is 0 Å². The summed E-state index contributed by atoms with van der Waals surface area (Å²) in [4.78, 5) is 48.4. The molecule has 2 atom stereocenters. The highest BCUT2D eigenvalue weighted by Gasteiger charge is 2.35. The molecule has 0 saturated carbocycles. The van der Waals surface area contributed by atoms with Crippen molar-refractivity contribution in [3.05, 3.63) is 60.3 Å². The van der Waals surface area contributed by atoms with Gasteiger partial charge in [-0.25, -0.2) is 9.59 Å². The molecule has 11 nitrogen and oxygen atoms in total. The van der Waals surface area contributed by atoms with Crippen LogP contribution in [0.5, 0.6) is 0 Å². The van der Waals surface area contributed by atoms with Crippen molar-refractivity contribution in [2.75, 3.05) is 51.1 Å². The third-order valence-corrected chi connectivity index (χ3v) is 9.51. The molecule has 0 radical (unpaired) electrons. The van der Waals surface area contributed by atoms with Crippen LogP contribution in [-0.4, -0.2) is 105 Å². The highest BCUT2D eigenvalue weighted by Crippen LogP contribution is 2.27. The fraction of sp³-hybridized carbons (Fsp3) is 0.515. The average Bonchev–Trinajstić information content (AvgIpc) is 3.46. The SMILES string of the molecule is CCC(C)CN1CCN(C(=O)C(Cn2ncc3ccccc32)NC(=O)N2CCC(N3Cc4ccccc4NC3=O)CC2)CC1. The third-order valence-electron chi connectivity index (χ3n) is 9.51. The molecule has 3 aliphatic rings. The standard InChI is InChI=1S/C33H44N8O3/c1-3-24(2)21-37-16-18-38(19-17-37)31(42)29(23-41-30-11-7-5-8-25(30)20-34-41)36-32(43)39-14-12-27(13-15-39)40-22-26-9-4-6-10-28(26)35-33(40)44/h4-11,20,24,27,29H,3,12-19,21-23H2,1-2H3,(H,35,44)(H,36,43). The number of carbonyl (C=O) groups excluding carboxylic acids is 3. The summed E-state index contributed by atoms with van der Waals surface area (Å²) >= 11 is 0. The Balaban J connectivity index is 1.10. The van der Waals surface area contributed by atoms with Crippen LogP contribution in [0.15, 0.2) is 54.7 Å². The lowest BCUT2D eigenvalue weighted by Gasteiger charge is -2.41. The molecule has 2 N–H and O–H groups in total. The molecule has 0 bridgehead atoms. The van der Waals surface area contributed by atoms with Gasteiger partial charge in [-0.15, -0.1) is 0 Å². The van der Waals surface area contributed by atoms with Gasteiger partial charge in [0, 0.05) is 69.5 Å². The van der Waals surface area contributed by atoms with Crippen LogP contribution in [0, 0.1) is 5.92 Å². The van der Waals surface area contributed by atoms with Gasteiger partial charge in [-0.3, -0.25) is 14.4 Å². The summed E-state index contributed by atoms with van der Waals surface area (Å²) in [6.45, 7) is 10.3. The van der Waals surface area contributed by atoms with Crippen LogP contribution in [0.1, 0.15) is 38.7 Å². The van der Waals surface area contributed by atoms with E-state index in [4.69, 9.17) is 0 Å². The summed E-state index contributed by atoms with van der Waals surface area (Å²) in [6.07, 6.45) is 4.31. The van der Waals surface area contributed by atoms with Crippen LogP contribution in [-0.2, 0) is 17.9 Å². The predicted octanol–water partition coefficient (Wildman–Crippen LogP) is 3.82. The summed E-state index contributed by atoms with van der Waals surface area (Å²) in [5.74, 6) is 0.557. The Bertz CT molecular complexity index is 1470. The topological polar surface area (TPSA) is 106 Å². The maximum atomic E-state index is 13.9. The molecule has 3 aromatic rings. The number of hydrogen-bond donors (Lipinski definition) is 2. The number of para-hydroxylation sites is 2. The zero-order valence-electron chi connectivity index (χ0n) is 25.8. The molecule has 1 aromatic heterocycles. The van der Waals surface area contributed by atoms with Crippen molar-refractivity contribution in [1.29, 1.82) is 0 Å². The van der Waals surface area contributed by atoms with Gasteiger partial charge in [-0.2, -0.15) is 5.10 Å². The summed E-state index contributed by atoms with van der Waals surface area (Å²) in [5.41, 5.74) is 2.89. The largest absolute Gasteiger partial charge is 0.338 e. The number of urea groups is 2. The number of piperazine rings is 1. The lowest BCUT2D eigenvalue weighted by molar-refractivity contribution is -0.135. The van der Waals surface area contributed by atoms with E-state index in [0.29, 0.717) is 51.5 Å². The molecule has 44 heavy (non-hydrogen) atoms. The fourth-order valence-corrected chi connectivity index (χ4v) is 6.61. The number of nitrogens with one attached hydrogen (secondary N) is 2. The summed E-state index contributed by atoms with van der Waals surface area (Å²) in [7, 11) is 0. The molecule has 5 amide bonds. The van der Waals surface area contributed by atoms with E-state index in [1.807, 2.05) is 63.0 Å². The molecular weight excluding hydrogens is 556 g/mol. The number of piperidine rings is 1. The Kier molecular flexibility index (Phi) is 9.02. The predicted molar refractivity (Wildman–Crippen MR) is 170 cm³/mol. The molecule has 0 aliphatic carbocycles. The van der Waals surface area contributed by atoms with Crippen molar-refractivity contribution in [3.63, 3.8) is 0 Å². The third kappa shape index (κ3) is 6.52. The molecule has 0 spiro atoms. The molecule has 2 unspecified atom stereocenters. The van der Waals surface area contributed by atoms with Crippen molar-refractivity contribution >= 4 is 34.6 Å². The second-order valence-electron chi connectivity index (χ2n) is 12.5. The number of likely N-dealkylation sites (tertiary alicyclic amines) is 1. The molecule has 234 valence electrons. The Morgan fingerprint density at radius 2 is 1.68 bits per heavy atom. The van der Waals surface area contributed by atoms with Gasteiger partial charge < -0.3 is 25.3 Å². The number of nitrogens with zero attached hydrogens (tertiary/aromatic N) is 6. The van der Waals surface area contributed by atoms with Crippen LogP contribution in [0.25, 0.3) is 10.9 Å². The Labute approximate surface area is 259 Å². The Morgan fingerprint density at radius 3 is 2.45 bits per heavy atom. The minimum Gasteiger partial charge on any atom is -0.338 e. The number of carbonyl (C=O) groups is 3. The van der Waals surface area contributed by atoms with Gasteiger partial charge in [0.05, 0.1) is 18.3 Å². The zero-order valence-corrected chi connectivity index (χ0v) is 25.8. The molecule has 4 heterocycles. The number of rotatable bonds is 8. The minimum atomic E-state index is -0.742. The minimum absolute atomic E-state index is 0.0481. The second kappa shape index (κ2) is 13.3. The number of fused-ring (bicyclic) bond motifs is 2. The average molecular weight is 601 g/mol. The van der Waals surface area contributed by atoms with Crippen molar-refractivity contribution in [2.45, 2.75) is 58.3 Å². The lowest BCUT2D eigenvalue weighted by Crippen LogP contribution is -2.59. The molecular formula is C33H44N8O3. The van der Waals surface area contributed by atoms with Crippen LogP contribution in [0.3, 0.4) is 0 Å².